The number of carbonyl (C=O) groups excluding carboxylic acids is 1. The van der Waals surface area contributed by atoms with Gasteiger partial charge in [-0.3, -0.25) is 4.79 Å². The monoisotopic (exact) mass is 502 g/mol. The van der Waals surface area contributed by atoms with Gasteiger partial charge in [0, 0.05) is 12.6 Å². The number of fused-ring (bicyclic) bond motifs is 1. The summed E-state index contributed by atoms with van der Waals surface area (Å²) in [4.78, 5) is 18.0. The molecule has 0 aliphatic heterocycles. The Kier molecular flexibility index (Phi) is 7.21. The fourth-order valence-corrected chi connectivity index (χ4v) is 3.62. The van der Waals surface area contributed by atoms with E-state index in [0.717, 1.165) is 18.2 Å². The van der Waals surface area contributed by atoms with Gasteiger partial charge in [-0.25, -0.2) is 9.47 Å². The summed E-state index contributed by atoms with van der Waals surface area (Å²) in [5, 5.41) is 32.3. The number of aromatic nitrogens is 2. The number of nitrogens with zero attached hydrogens (tertiary/aromatic N) is 2. The van der Waals surface area contributed by atoms with Crippen molar-refractivity contribution in [1.29, 1.82) is 0 Å². The molecule has 1 heterocycles. The topological polar surface area (TPSA) is 146 Å². The van der Waals surface area contributed by atoms with E-state index in [1.54, 1.807) is 36.4 Å². The normalized spacial score (nSPS) is 11.5. The van der Waals surface area contributed by atoms with Crippen molar-refractivity contribution in [1.82, 2.24) is 15.6 Å². The molecule has 186 valence electrons. The predicted molar refractivity (Wildman–Crippen MR) is 123 cm³/mol. The number of hydrogen-bond acceptors (Lipinski definition) is 8. The molecule has 3 aromatic carbocycles. The molecule has 4 rings (SSSR count). The van der Waals surface area contributed by atoms with Crippen LogP contribution in [0.5, 0.6) is 0 Å². The molecule has 0 saturated carbocycles. The van der Waals surface area contributed by atoms with Crippen LogP contribution in [0.1, 0.15) is 21.5 Å². The summed E-state index contributed by atoms with van der Waals surface area (Å²) < 4.78 is 44.2. The SMILES string of the molecule is CO[NH2+]c1ccc(Nc2ccccc2C(=O)NCc2ccc(C(F)(F)F)c(B(O)O)c2)c2nonc12. The van der Waals surface area contributed by atoms with Crippen LogP contribution in [0.3, 0.4) is 0 Å². The highest BCUT2D eigenvalue weighted by Crippen LogP contribution is 2.30. The van der Waals surface area contributed by atoms with Gasteiger partial charge in [0.1, 0.15) is 0 Å². The molecule has 0 aliphatic rings. The summed E-state index contributed by atoms with van der Waals surface area (Å²) in [5.41, 5.74) is 2.60. The van der Waals surface area contributed by atoms with Crippen molar-refractivity contribution in [3.63, 3.8) is 0 Å². The van der Waals surface area contributed by atoms with Crippen LogP contribution in [0.4, 0.5) is 30.2 Å². The fraction of sp³-hybridized carbons (Fsp3) is 0.136. The van der Waals surface area contributed by atoms with Crippen molar-refractivity contribution in [3.05, 3.63) is 71.3 Å². The Morgan fingerprint density at radius 1 is 1.08 bits per heavy atom. The van der Waals surface area contributed by atoms with Gasteiger partial charge in [0.05, 0.1) is 29.6 Å². The van der Waals surface area contributed by atoms with Crippen molar-refractivity contribution < 1.29 is 43.0 Å². The van der Waals surface area contributed by atoms with Crippen LogP contribution in [-0.2, 0) is 17.6 Å². The Morgan fingerprint density at radius 2 is 1.83 bits per heavy atom. The maximum Gasteiger partial charge on any atom is 0.489 e. The van der Waals surface area contributed by atoms with Crippen molar-refractivity contribution >= 4 is 46.6 Å². The van der Waals surface area contributed by atoms with Gasteiger partial charge >= 0.3 is 13.3 Å². The number of para-hydroxylation sites is 1. The molecule has 0 unspecified atom stereocenters. The number of carbonyl (C=O) groups is 1. The third-order valence-electron chi connectivity index (χ3n) is 5.29. The Balaban J connectivity index is 1.54. The molecular weight excluding hydrogens is 482 g/mol. The number of nitrogens with one attached hydrogen (secondary N) is 2. The molecule has 0 aliphatic carbocycles. The van der Waals surface area contributed by atoms with E-state index in [1.807, 2.05) is 0 Å². The minimum absolute atomic E-state index is 0.149. The van der Waals surface area contributed by atoms with Crippen LogP contribution in [0.2, 0.25) is 0 Å². The summed E-state index contributed by atoms with van der Waals surface area (Å²) in [7, 11) is -0.824. The zero-order chi connectivity index (χ0) is 25.9. The van der Waals surface area contributed by atoms with Crippen LogP contribution >= 0.6 is 0 Å². The van der Waals surface area contributed by atoms with Gasteiger partial charge in [0.25, 0.3) is 5.91 Å². The molecule has 0 fully saturated rings. The zero-order valence-electron chi connectivity index (χ0n) is 18.7. The quantitative estimate of drug-likeness (QED) is 0.138. The number of anilines is 2. The van der Waals surface area contributed by atoms with Gasteiger partial charge in [-0.15, -0.1) is 0 Å². The Labute approximate surface area is 202 Å². The minimum Gasteiger partial charge on any atom is -0.423 e. The molecule has 0 bridgehead atoms. The summed E-state index contributed by atoms with van der Waals surface area (Å²) in [6.45, 7) is -0.149. The lowest BCUT2D eigenvalue weighted by atomic mass is 9.76. The van der Waals surface area contributed by atoms with E-state index in [-0.39, 0.29) is 17.7 Å². The van der Waals surface area contributed by atoms with Gasteiger partial charge in [-0.05, 0) is 39.5 Å². The number of halogens is 3. The average molecular weight is 502 g/mol. The van der Waals surface area contributed by atoms with Gasteiger partial charge in [-0.1, -0.05) is 30.3 Å². The first-order valence-corrected chi connectivity index (χ1v) is 10.5. The highest BCUT2D eigenvalue weighted by molar-refractivity contribution is 6.59. The Morgan fingerprint density at radius 3 is 2.56 bits per heavy atom. The van der Waals surface area contributed by atoms with Crippen molar-refractivity contribution in [2.24, 2.45) is 0 Å². The van der Waals surface area contributed by atoms with Crippen molar-refractivity contribution in [2.75, 3.05) is 12.4 Å². The first-order chi connectivity index (χ1) is 17.2. The molecular formula is C22H20BF3N5O5+. The van der Waals surface area contributed by atoms with Gasteiger partial charge in [0.2, 0.25) is 5.52 Å². The maximum absolute atomic E-state index is 13.1. The first kappa shape index (κ1) is 25.1. The second kappa shape index (κ2) is 10.3. The number of nitrogens with two attached hydrogens (primary N) is 1. The predicted octanol–water partition coefficient (Wildman–Crippen LogP) is 1.35. The second-order valence-electron chi connectivity index (χ2n) is 7.66. The third kappa shape index (κ3) is 5.31. The molecule has 4 aromatic rings. The van der Waals surface area contributed by atoms with E-state index in [4.69, 9.17) is 9.47 Å². The molecule has 0 spiro atoms. The van der Waals surface area contributed by atoms with Crippen LogP contribution < -0.4 is 21.6 Å². The van der Waals surface area contributed by atoms with E-state index < -0.39 is 30.2 Å². The maximum atomic E-state index is 13.1. The number of amides is 1. The molecule has 14 heteroatoms. The summed E-state index contributed by atoms with van der Waals surface area (Å²) in [5.74, 6) is -0.511. The highest BCUT2D eigenvalue weighted by atomic mass is 19.4. The molecule has 6 N–H and O–H groups in total. The highest BCUT2D eigenvalue weighted by Gasteiger charge is 2.36. The lowest BCUT2D eigenvalue weighted by Gasteiger charge is -2.15. The molecule has 0 radical (unpaired) electrons. The summed E-state index contributed by atoms with van der Waals surface area (Å²) >= 11 is 0. The van der Waals surface area contributed by atoms with Crippen molar-refractivity contribution in [3.8, 4) is 0 Å². The second-order valence-corrected chi connectivity index (χ2v) is 7.66. The van der Waals surface area contributed by atoms with Crippen LogP contribution in [0, 0.1) is 0 Å². The van der Waals surface area contributed by atoms with E-state index in [2.05, 4.69) is 20.9 Å². The summed E-state index contributed by atoms with van der Waals surface area (Å²) in [6, 6.07) is 13.0. The average Bonchev–Trinajstić information content (AvgIpc) is 3.34. The smallest absolute Gasteiger partial charge is 0.423 e. The molecule has 1 aromatic heterocycles. The first-order valence-electron chi connectivity index (χ1n) is 10.5. The number of hydrogen-bond donors (Lipinski definition) is 5. The van der Waals surface area contributed by atoms with Gasteiger partial charge in [0.15, 0.2) is 11.2 Å². The van der Waals surface area contributed by atoms with E-state index in [9.17, 15) is 28.0 Å². The van der Waals surface area contributed by atoms with Crippen molar-refractivity contribution in [2.45, 2.75) is 12.7 Å². The number of alkyl halides is 3. The van der Waals surface area contributed by atoms with E-state index in [0.29, 0.717) is 28.1 Å². The minimum atomic E-state index is -4.75. The molecule has 36 heavy (non-hydrogen) atoms. The van der Waals surface area contributed by atoms with E-state index >= 15 is 0 Å². The van der Waals surface area contributed by atoms with Gasteiger partial charge in [-0.2, -0.15) is 18.7 Å². The molecule has 0 saturated heterocycles. The number of benzene rings is 3. The zero-order valence-corrected chi connectivity index (χ0v) is 18.7. The van der Waals surface area contributed by atoms with Crippen LogP contribution in [-0.4, -0.2) is 40.5 Å². The molecule has 0 atom stereocenters. The number of rotatable bonds is 8. The Hall–Kier alpha value is -3.98. The molecule has 10 nitrogen and oxygen atoms in total. The third-order valence-corrected chi connectivity index (χ3v) is 5.29. The molecule has 1 amide bonds. The number of quaternary nitrogens is 1. The lowest BCUT2D eigenvalue weighted by Crippen LogP contribution is -2.76. The van der Waals surface area contributed by atoms with Crippen LogP contribution in [0.25, 0.3) is 11.0 Å². The van der Waals surface area contributed by atoms with E-state index in [1.165, 1.54) is 12.6 Å². The van der Waals surface area contributed by atoms with Crippen LogP contribution in [0.15, 0.2) is 59.2 Å². The lowest BCUT2D eigenvalue weighted by molar-refractivity contribution is -0.829. The standard InChI is InChI=1S/C22H19BF3N5O5/c1-35-29-18-9-8-17(19-20(18)31-36-30-19)28-16-5-3-2-4-13(16)21(32)27-11-12-6-7-14(22(24,25)26)15(10-12)23(33)34/h2-10,28-29,33-34H,11H2,1H3,(H,27,32)/p+1. The fourth-order valence-electron chi connectivity index (χ4n) is 3.62. The summed E-state index contributed by atoms with van der Waals surface area (Å²) in [6.07, 6.45) is -4.75. The van der Waals surface area contributed by atoms with Gasteiger partial charge < -0.3 is 20.7 Å². The Bertz CT molecular complexity index is 1400. The largest absolute Gasteiger partial charge is 0.489 e.